The van der Waals surface area contributed by atoms with Crippen LogP contribution in [0.5, 0.6) is 0 Å². The highest BCUT2D eigenvalue weighted by atomic mass is 15.2. The Morgan fingerprint density at radius 1 is 1.32 bits per heavy atom. The minimum atomic E-state index is 0.260. The minimum absolute atomic E-state index is 0.260. The number of rotatable bonds is 3. The Morgan fingerprint density at radius 3 is 2.68 bits per heavy atom. The van der Waals surface area contributed by atoms with Crippen LogP contribution in [0.1, 0.15) is 51.0 Å². The van der Waals surface area contributed by atoms with Crippen molar-refractivity contribution in [3.8, 4) is 0 Å². The maximum Gasteiger partial charge on any atom is 0.133 e. The van der Waals surface area contributed by atoms with E-state index in [1.54, 1.807) is 0 Å². The lowest BCUT2D eigenvalue weighted by Crippen LogP contribution is -2.42. The summed E-state index contributed by atoms with van der Waals surface area (Å²) in [6, 6.07) is 2.35. The number of piperidine rings is 1. The number of anilines is 1. The largest absolute Gasteiger partial charge is 0.356 e. The van der Waals surface area contributed by atoms with Gasteiger partial charge in [-0.2, -0.15) is 0 Å². The minimum Gasteiger partial charge on any atom is -0.356 e. The first-order valence-electron chi connectivity index (χ1n) is 7.33. The highest BCUT2D eigenvalue weighted by Crippen LogP contribution is 2.24. The molecule has 1 aromatic rings. The molecule has 0 radical (unpaired) electrons. The summed E-state index contributed by atoms with van der Waals surface area (Å²) in [7, 11) is 0. The van der Waals surface area contributed by atoms with Crippen molar-refractivity contribution < 1.29 is 0 Å². The SMILES string of the molecule is Cc1cc(N2CCCC(C(C)N)C2)nc(C(C)C)n1. The van der Waals surface area contributed by atoms with Gasteiger partial charge in [0, 0.05) is 36.8 Å². The van der Waals surface area contributed by atoms with Crippen LogP contribution < -0.4 is 10.6 Å². The van der Waals surface area contributed by atoms with Crippen molar-refractivity contribution in [1.29, 1.82) is 0 Å². The molecule has 2 unspecified atom stereocenters. The highest BCUT2D eigenvalue weighted by Gasteiger charge is 2.24. The molecule has 1 aliphatic rings. The van der Waals surface area contributed by atoms with Gasteiger partial charge in [-0.3, -0.25) is 0 Å². The summed E-state index contributed by atoms with van der Waals surface area (Å²) in [5.41, 5.74) is 7.11. The maximum absolute atomic E-state index is 6.06. The normalized spacial score (nSPS) is 21.8. The third kappa shape index (κ3) is 3.44. The zero-order valence-corrected chi connectivity index (χ0v) is 12.6. The van der Waals surface area contributed by atoms with Gasteiger partial charge in [0.25, 0.3) is 0 Å². The molecule has 4 heteroatoms. The first-order valence-corrected chi connectivity index (χ1v) is 7.33. The van der Waals surface area contributed by atoms with E-state index in [9.17, 15) is 0 Å². The highest BCUT2D eigenvalue weighted by molar-refractivity contribution is 5.40. The van der Waals surface area contributed by atoms with Crippen LogP contribution >= 0.6 is 0 Å². The second-order valence-corrected chi connectivity index (χ2v) is 6.09. The van der Waals surface area contributed by atoms with Gasteiger partial charge in [-0.15, -0.1) is 0 Å². The van der Waals surface area contributed by atoms with Crippen molar-refractivity contribution >= 4 is 5.82 Å². The molecule has 19 heavy (non-hydrogen) atoms. The van der Waals surface area contributed by atoms with Gasteiger partial charge in [0.05, 0.1) is 0 Å². The number of nitrogens with two attached hydrogens (primary N) is 1. The van der Waals surface area contributed by atoms with Crippen LogP contribution in [0, 0.1) is 12.8 Å². The molecule has 0 aromatic carbocycles. The Labute approximate surface area is 116 Å². The van der Waals surface area contributed by atoms with Gasteiger partial charge in [-0.05, 0) is 32.6 Å². The fourth-order valence-electron chi connectivity index (χ4n) is 2.64. The predicted octanol–water partition coefficient (Wildman–Crippen LogP) is 2.47. The number of aromatic nitrogens is 2. The summed E-state index contributed by atoms with van der Waals surface area (Å²) < 4.78 is 0. The molecule has 1 saturated heterocycles. The molecule has 4 nitrogen and oxygen atoms in total. The molecule has 0 amide bonds. The van der Waals surface area contributed by atoms with Crippen molar-refractivity contribution in [3.63, 3.8) is 0 Å². The molecule has 0 saturated carbocycles. The van der Waals surface area contributed by atoms with E-state index in [1.807, 2.05) is 6.92 Å². The van der Waals surface area contributed by atoms with Crippen molar-refractivity contribution in [1.82, 2.24) is 9.97 Å². The molecule has 2 atom stereocenters. The first kappa shape index (κ1) is 14.3. The molecule has 1 aliphatic heterocycles. The van der Waals surface area contributed by atoms with Gasteiger partial charge in [-0.25, -0.2) is 9.97 Å². The fraction of sp³-hybridized carbons (Fsp3) is 0.733. The van der Waals surface area contributed by atoms with Gasteiger partial charge in [0.1, 0.15) is 11.6 Å². The van der Waals surface area contributed by atoms with E-state index in [4.69, 9.17) is 10.7 Å². The molecule has 0 aliphatic carbocycles. The van der Waals surface area contributed by atoms with Crippen LogP contribution in [0.25, 0.3) is 0 Å². The van der Waals surface area contributed by atoms with Gasteiger partial charge >= 0.3 is 0 Å². The summed E-state index contributed by atoms with van der Waals surface area (Å²) >= 11 is 0. The first-order chi connectivity index (χ1) is 8.97. The Morgan fingerprint density at radius 2 is 2.05 bits per heavy atom. The average Bonchev–Trinajstić information content (AvgIpc) is 2.38. The molecular formula is C15H26N4. The Balaban J connectivity index is 2.21. The number of hydrogen-bond acceptors (Lipinski definition) is 4. The lowest BCUT2D eigenvalue weighted by Gasteiger charge is -2.35. The number of aryl methyl sites for hydroxylation is 1. The third-order valence-corrected chi connectivity index (χ3v) is 3.90. The number of hydrogen-bond donors (Lipinski definition) is 1. The third-order valence-electron chi connectivity index (χ3n) is 3.90. The van der Waals surface area contributed by atoms with Gasteiger partial charge in [0.15, 0.2) is 0 Å². The van der Waals surface area contributed by atoms with Crippen LogP contribution in [-0.4, -0.2) is 29.1 Å². The molecule has 0 bridgehead atoms. The van der Waals surface area contributed by atoms with E-state index >= 15 is 0 Å². The lowest BCUT2D eigenvalue weighted by atomic mass is 9.92. The second-order valence-electron chi connectivity index (χ2n) is 6.09. The van der Waals surface area contributed by atoms with Crippen molar-refractivity contribution in [2.45, 2.75) is 52.5 Å². The Kier molecular flexibility index (Phi) is 4.40. The van der Waals surface area contributed by atoms with Crippen LogP contribution in [0.4, 0.5) is 5.82 Å². The van der Waals surface area contributed by atoms with Crippen LogP contribution in [0.2, 0.25) is 0 Å². The molecule has 2 rings (SSSR count). The van der Waals surface area contributed by atoms with Crippen molar-refractivity contribution in [3.05, 3.63) is 17.6 Å². The zero-order chi connectivity index (χ0) is 14.0. The van der Waals surface area contributed by atoms with E-state index in [0.717, 1.165) is 30.4 Å². The van der Waals surface area contributed by atoms with Gasteiger partial charge in [0.2, 0.25) is 0 Å². The summed E-state index contributed by atoms with van der Waals surface area (Å²) in [5.74, 6) is 2.96. The Bertz CT molecular complexity index is 428. The summed E-state index contributed by atoms with van der Waals surface area (Å²) in [4.78, 5) is 11.6. The van der Waals surface area contributed by atoms with Gasteiger partial charge < -0.3 is 10.6 Å². The molecule has 0 spiro atoms. The smallest absolute Gasteiger partial charge is 0.133 e. The molecule has 2 heterocycles. The van der Waals surface area contributed by atoms with Crippen LogP contribution in [-0.2, 0) is 0 Å². The standard InChI is InChI=1S/C15H26N4/c1-10(2)15-17-11(3)8-14(18-15)19-7-5-6-13(9-19)12(4)16/h8,10,12-13H,5-7,9,16H2,1-4H3. The van der Waals surface area contributed by atoms with E-state index in [0.29, 0.717) is 11.8 Å². The zero-order valence-electron chi connectivity index (χ0n) is 12.6. The van der Waals surface area contributed by atoms with Crippen LogP contribution in [0.15, 0.2) is 6.07 Å². The van der Waals surface area contributed by atoms with E-state index in [1.165, 1.54) is 12.8 Å². The second kappa shape index (κ2) is 5.87. The summed E-state index contributed by atoms with van der Waals surface area (Å²) in [6.45, 7) is 10.5. The van der Waals surface area contributed by atoms with E-state index < -0.39 is 0 Å². The predicted molar refractivity (Wildman–Crippen MR) is 79.4 cm³/mol. The van der Waals surface area contributed by atoms with Gasteiger partial charge in [-0.1, -0.05) is 13.8 Å². The molecule has 1 aromatic heterocycles. The average molecular weight is 262 g/mol. The fourth-order valence-corrected chi connectivity index (χ4v) is 2.64. The maximum atomic E-state index is 6.06. The monoisotopic (exact) mass is 262 g/mol. The molecular weight excluding hydrogens is 236 g/mol. The Hall–Kier alpha value is -1.16. The lowest BCUT2D eigenvalue weighted by molar-refractivity contribution is 0.363. The molecule has 2 N–H and O–H groups in total. The summed E-state index contributed by atoms with van der Waals surface area (Å²) in [6.07, 6.45) is 2.43. The topological polar surface area (TPSA) is 55.0 Å². The molecule has 106 valence electrons. The number of nitrogens with zero attached hydrogens (tertiary/aromatic N) is 3. The van der Waals surface area contributed by atoms with Crippen LogP contribution in [0.3, 0.4) is 0 Å². The summed E-state index contributed by atoms with van der Waals surface area (Å²) in [5, 5.41) is 0. The van der Waals surface area contributed by atoms with Crippen molar-refractivity contribution in [2.75, 3.05) is 18.0 Å². The van der Waals surface area contributed by atoms with E-state index in [2.05, 4.69) is 36.7 Å². The van der Waals surface area contributed by atoms with Crippen molar-refractivity contribution in [2.24, 2.45) is 11.7 Å². The molecule has 1 fully saturated rings. The van der Waals surface area contributed by atoms with E-state index in [-0.39, 0.29) is 6.04 Å². The quantitative estimate of drug-likeness (QED) is 0.909.